The van der Waals surface area contributed by atoms with Gasteiger partial charge in [0.05, 0.1) is 17.2 Å². The number of benzene rings is 2. The molecule has 2 aromatic carbocycles. The average Bonchev–Trinajstić information content (AvgIpc) is 3.16. The van der Waals surface area contributed by atoms with E-state index >= 15 is 0 Å². The van der Waals surface area contributed by atoms with Crippen LogP contribution in [0.2, 0.25) is 0 Å². The van der Waals surface area contributed by atoms with E-state index in [0.717, 1.165) is 22.5 Å². The van der Waals surface area contributed by atoms with Crippen LogP contribution in [-0.2, 0) is 9.59 Å². The van der Waals surface area contributed by atoms with Gasteiger partial charge in [0.1, 0.15) is 6.33 Å². The molecule has 0 bridgehead atoms. The second kappa shape index (κ2) is 9.14. The first-order valence-corrected chi connectivity index (χ1v) is 9.75. The molecule has 0 saturated carbocycles. The Kier molecular flexibility index (Phi) is 6.38. The lowest BCUT2D eigenvalue weighted by atomic mass is 10.2. The zero-order chi connectivity index (χ0) is 19.9. The van der Waals surface area contributed by atoms with E-state index in [-0.39, 0.29) is 23.3 Å². The van der Waals surface area contributed by atoms with Crippen molar-refractivity contribution in [2.45, 2.75) is 13.8 Å². The molecule has 3 aromatic rings. The van der Waals surface area contributed by atoms with E-state index in [9.17, 15) is 9.59 Å². The first-order chi connectivity index (χ1) is 13.5. The summed E-state index contributed by atoms with van der Waals surface area (Å²) in [5.74, 6) is 0.0983. The lowest BCUT2D eigenvalue weighted by Gasteiger charge is -2.09. The monoisotopic (exact) mass is 396 g/mol. The summed E-state index contributed by atoms with van der Waals surface area (Å²) in [6.07, 6.45) is 1.51. The topological polar surface area (TPSA) is 102 Å². The molecule has 28 heavy (non-hydrogen) atoms. The van der Waals surface area contributed by atoms with Gasteiger partial charge in [0, 0.05) is 11.4 Å². The molecule has 3 rings (SSSR count). The second-order valence-electron chi connectivity index (χ2n) is 6.21. The minimum absolute atomic E-state index is 0.134. The summed E-state index contributed by atoms with van der Waals surface area (Å²) in [5, 5.41) is 16.7. The maximum absolute atomic E-state index is 12.1. The number of hydrogen-bond donors (Lipinski definition) is 2. The molecule has 144 valence electrons. The summed E-state index contributed by atoms with van der Waals surface area (Å²) in [5.41, 5.74) is 4.28. The van der Waals surface area contributed by atoms with Gasteiger partial charge < -0.3 is 10.6 Å². The molecule has 0 aliphatic carbocycles. The van der Waals surface area contributed by atoms with E-state index in [1.807, 2.05) is 50.2 Å². The largest absolute Gasteiger partial charge is 0.325 e. The SMILES string of the molecule is Cc1cccc(NC(=O)CSCC(=O)Nc2ccc(-n3cnnn3)c(C)c2)c1. The van der Waals surface area contributed by atoms with E-state index in [0.29, 0.717) is 5.69 Å². The number of aryl methyl sites for hydroxylation is 2. The fraction of sp³-hybridized carbons (Fsp3) is 0.211. The average molecular weight is 396 g/mol. The highest BCUT2D eigenvalue weighted by atomic mass is 32.2. The number of thioether (sulfide) groups is 1. The number of carbonyl (C=O) groups excluding carboxylic acids is 2. The van der Waals surface area contributed by atoms with Gasteiger partial charge in [-0.15, -0.1) is 16.9 Å². The van der Waals surface area contributed by atoms with E-state index in [2.05, 4.69) is 26.2 Å². The van der Waals surface area contributed by atoms with Gasteiger partial charge >= 0.3 is 0 Å². The molecule has 9 heteroatoms. The standard InChI is InChI=1S/C19H20N6O2S/c1-13-4-3-5-15(8-13)21-18(26)10-28-11-19(27)22-16-6-7-17(14(2)9-16)25-12-20-23-24-25/h3-9,12H,10-11H2,1-2H3,(H,21,26)(H,22,27). The number of aromatic nitrogens is 4. The van der Waals surface area contributed by atoms with Crippen molar-refractivity contribution in [2.24, 2.45) is 0 Å². The Morgan fingerprint density at radius 2 is 1.71 bits per heavy atom. The van der Waals surface area contributed by atoms with Gasteiger partial charge in [-0.25, -0.2) is 4.68 Å². The Labute approximate surface area is 166 Å². The maximum atomic E-state index is 12.1. The number of amides is 2. The molecule has 0 aliphatic rings. The maximum Gasteiger partial charge on any atom is 0.234 e. The van der Waals surface area contributed by atoms with Gasteiger partial charge in [0.15, 0.2) is 0 Å². The fourth-order valence-corrected chi connectivity index (χ4v) is 3.23. The molecular formula is C19H20N6O2S. The molecule has 0 atom stereocenters. The molecule has 0 aliphatic heterocycles. The molecule has 1 aromatic heterocycles. The van der Waals surface area contributed by atoms with Crippen LogP contribution in [0.3, 0.4) is 0 Å². The van der Waals surface area contributed by atoms with E-state index in [1.54, 1.807) is 10.7 Å². The van der Waals surface area contributed by atoms with Crippen molar-refractivity contribution in [1.82, 2.24) is 20.2 Å². The van der Waals surface area contributed by atoms with Crippen LogP contribution in [0.4, 0.5) is 11.4 Å². The Balaban J connectivity index is 1.45. The van der Waals surface area contributed by atoms with Crippen LogP contribution in [0.15, 0.2) is 48.8 Å². The van der Waals surface area contributed by atoms with Gasteiger partial charge in [0.25, 0.3) is 0 Å². The van der Waals surface area contributed by atoms with Crippen LogP contribution in [0, 0.1) is 13.8 Å². The summed E-state index contributed by atoms with van der Waals surface area (Å²) in [6, 6.07) is 13.1. The van der Waals surface area contributed by atoms with Crippen LogP contribution in [-0.4, -0.2) is 43.5 Å². The Bertz CT molecular complexity index is 974. The van der Waals surface area contributed by atoms with Crippen LogP contribution in [0.5, 0.6) is 0 Å². The van der Waals surface area contributed by atoms with Gasteiger partial charge in [-0.3, -0.25) is 9.59 Å². The molecule has 0 fully saturated rings. The molecule has 0 radical (unpaired) electrons. The summed E-state index contributed by atoms with van der Waals surface area (Å²) < 4.78 is 1.56. The Hall–Kier alpha value is -3.20. The number of tetrazole rings is 1. The van der Waals surface area contributed by atoms with Crippen molar-refractivity contribution in [3.8, 4) is 5.69 Å². The van der Waals surface area contributed by atoms with E-state index in [4.69, 9.17) is 0 Å². The summed E-state index contributed by atoms with van der Waals surface area (Å²) in [7, 11) is 0. The molecule has 8 nitrogen and oxygen atoms in total. The van der Waals surface area contributed by atoms with Crippen molar-refractivity contribution in [1.29, 1.82) is 0 Å². The van der Waals surface area contributed by atoms with E-state index < -0.39 is 0 Å². The van der Waals surface area contributed by atoms with Crippen molar-refractivity contribution in [3.63, 3.8) is 0 Å². The number of anilines is 2. The summed E-state index contributed by atoms with van der Waals surface area (Å²) >= 11 is 1.26. The first kappa shape index (κ1) is 19.6. The van der Waals surface area contributed by atoms with Crippen molar-refractivity contribution in [3.05, 3.63) is 59.9 Å². The zero-order valence-electron chi connectivity index (χ0n) is 15.5. The number of nitrogens with zero attached hydrogens (tertiary/aromatic N) is 4. The van der Waals surface area contributed by atoms with Gasteiger partial charge in [0.2, 0.25) is 11.8 Å². The van der Waals surface area contributed by atoms with Gasteiger partial charge in [-0.05, 0) is 65.7 Å². The third-order valence-electron chi connectivity index (χ3n) is 3.84. The number of hydrogen-bond acceptors (Lipinski definition) is 6. The molecule has 2 amide bonds. The minimum atomic E-state index is -0.164. The predicted molar refractivity (Wildman–Crippen MR) is 110 cm³/mol. The van der Waals surface area contributed by atoms with Crippen LogP contribution < -0.4 is 10.6 Å². The Morgan fingerprint density at radius 3 is 2.32 bits per heavy atom. The third kappa shape index (κ3) is 5.40. The number of nitrogens with one attached hydrogen (secondary N) is 2. The van der Waals surface area contributed by atoms with Crippen LogP contribution >= 0.6 is 11.8 Å². The smallest absolute Gasteiger partial charge is 0.234 e. The number of rotatable bonds is 7. The van der Waals surface area contributed by atoms with Crippen molar-refractivity contribution in [2.75, 3.05) is 22.1 Å². The second-order valence-corrected chi connectivity index (χ2v) is 7.20. The van der Waals surface area contributed by atoms with Crippen LogP contribution in [0.1, 0.15) is 11.1 Å². The first-order valence-electron chi connectivity index (χ1n) is 8.59. The molecule has 0 saturated heterocycles. The molecule has 0 unspecified atom stereocenters. The third-order valence-corrected chi connectivity index (χ3v) is 4.78. The molecular weight excluding hydrogens is 376 g/mol. The quantitative estimate of drug-likeness (QED) is 0.636. The predicted octanol–water partition coefficient (Wildman–Crippen LogP) is 2.59. The normalized spacial score (nSPS) is 10.5. The summed E-state index contributed by atoms with van der Waals surface area (Å²) in [4.78, 5) is 24.1. The van der Waals surface area contributed by atoms with Gasteiger partial charge in [-0.2, -0.15) is 0 Å². The molecule has 1 heterocycles. The lowest BCUT2D eigenvalue weighted by molar-refractivity contribution is -0.114. The van der Waals surface area contributed by atoms with Crippen molar-refractivity contribution >= 4 is 35.0 Å². The highest BCUT2D eigenvalue weighted by Gasteiger charge is 2.09. The minimum Gasteiger partial charge on any atom is -0.325 e. The fourth-order valence-electron chi connectivity index (χ4n) is 2.62. The van der Waals surface area contributed by atoms with Crippen LogP contribution in [0.25, 0.3) is 5.69 Å². The molecule has 2 N–H and O–H groups in total. The Morgan fingerprint density at radius 1 is 1.00 bits per heavy atom. The van der Waals surface area contributed by atoms with E-state index in [1.165, 1.54) is 18.1 Å². The van der Waals surface area contributed by atoms with Gasteiger partial charge in [-0.1, -0.05) is 12.1 Å². The molecule has 0 spiro atoms. The number of carbonyl (C=O) groups is 2. The zero-order valence-corrected chi connectivity index (χ0v) is 16.4. The highest BCUT2D eigenvalue weighted by Crippen LogP contribution is 2.18. The lowest BCUT2D eigenvalue weighted by Crippen LogP contribution is -2.18. The van der Waals surface area contributed by atoms with Crippen molar-refractivity contribution < 1.29 is 9.59 Å². The highest BCUT2D eigenvalue weighted by molar-refractivity contribution is 8.00. The summed E-state index contributed by atoms with van der Waals surface area (Å²) in [6.45, 7) is 3.88.